The van der Waals surface area contributed by atoms with Crippen LogP contribution >= 0.6 is 0 Å². The molecule has 2 heterocycles. The summed E-state index contributed by atoms with van der Waals surface area (Å²) < 4.78 is 0. The van der Waals surface area contributed by atoms with Crippen LogP contribution in [0.1, 0.15) is 35.1 Å². The van der Waals surface area contributed by atoms with Crippen molar-refractivity contribution in [2.75, 3.05) is 7.05 Å². The number of hydrogen-bond donors (Lipinski definition) is 0. The largest absolute Gasteiger partial charge is 0.292 e. The monoisotopic (exact) mass is 343 g/mol. The molecule has 0 amide bonds. The Morgan fingerprint density at radius 2 is 1.62 bits per heavy atom. The molecular formula is C24H25NO. The van der Waals surface area contributed by atoms with E-state index in [1.54, 1.807) is 0 Å². The van der Waals surface area contributed by atoms with Crippen LogP contribution in [0.25, 0.3) is 12.2 Å². The fraction of sp³-hybridized carbons (Fsp3) is 0.292. The van der Waals surface area contributed by atoms with E-state index in [9.17, 15) is 4.79 Å². The van der Waals surface area contributed by atoms with E-state index in [0.29, 0.717) is 0 Å². The quantitative estimate of drug-likeness (QED) is 0.729. The third-order valence-electron chi connectivity index (χ3n) is 5.80. The summed E-state index contributed by atoms with van der Waals surface area (Å²) in [5, 5.41) is 0. The first-order chi connectivity index (χ1) is 12.5. The molecule has 4 rings (SSSR count). The van der Waals surface area contributed by atoms with Gasteiger partial charge in [0.25, 0.3) is 0 Å². The van der Waals surface area contributed by atoms with E-state index in [-0.39, 0.29) is 17.9 Å². The van der Waals surface area contributed by atoms with Crippen molar-refractivity contribution in [1.29, 1.82) is 0 Å². The minimum atomic E-state index is 0.223. The molecule has 2 saturated heterocycles. The van der Waals surface area contributed by atoms with Crippen molar-refractivity contribution in [2.45, 2.75) is 38.8 Å². The summed E-state index contributed by atoms with van der Waals surface area (Å²) in [4.78, 5) is 15.8. The van der Waals surface area contributed by atoms with Gasteiger partial charge < -0.3 is 0 Å². The lowest BCUT2D eigenvalue weighted by Crippen LogP contribution is -2.43. The summed E-state index contributed by atoms with van der Waals surface area (Å²) >= 11 is 0. The van der Waals surface area contributed by atoms with Crippen LogP contribution in [-0.4, -0.2) is 29.8 Å². The van der Waals surface area contributed by atoms with E-state index in [0.717, 1.165) is 35.1 Å². The fourth-order valence-electron chi connectivity index (χ4n) is 4.34. The highest BCUT2D eigenvalue weighted by molar-refractivity contribution is 6.16. The van der Waals surface area contributed by atoms with E-state index in [4.69, 9.17) is 0 Å². The number of carbonyl (C=O) groups excluding carboxylic acids is 1. The molecule has 0 radical (unpaired) electrons. The zero-order valence-corrected chi connectivity index (χ0v) is 15.7. The number of Topliss-reactive ketones (excluding diaryl/α,β-unsaturated/α-hetero) is 1. The van der Waals surface area contributed by atoms with Gasteiger partial charge in [-0.25, -0.2) is 0 Å². The predicted molar refractivity (Wildman–Crippen MR) is 108 cm³/mol. The van der Waals surface area contributed by atoms with E-state index < -0.39 is 0 Å². The summed E-state index contributed by atoms with van der Waals surface area (Å²) in [5.41, 5.74) is 6.56. The van der Waals surface area contributed by atoms with Gasteiger partial charge in [-0.05, 0) is 62.6 Å². The third-order valence-corrected chi connectivity index (χ3v) is 5.80. The van der Waals surface area contributed by atoms with Gasteiger partial charge in [-0.15, -0.1) is 0 Å². The molecule has 2 atom stereocenters. The minimum Gasteiger partial charge on any atom is -0.292 e. The Labute approximate surface area is 155 Å². The molecule has 2 aromatic carbocycles. The maximum Gasteiger partial charge on any atom is 0.188 e. The summed E-state index contributed by atoms with van der Waals surface area (Å²) in [6, 6.07) is 17.1. The molecule has 2 nitrogen and oxygen atoms in total. The highest BCUT2D eigenvalue weighted by atomic mass is 16.1. The highest BCUT2D eigenvalue weighted by Crippen LogP contribution is 2.40. The van der Waals surface area contributed by atoms with Crippen LogP contribution in [0, 0.1) is 13.8 Å². The van der Waals surface area contributed by atoms with Gasteiger partial charge in [0, 0.05) is 23.2 Å². The molecule has 0 saturated carbocycles. The SMILES string of the molecule is Cc1cccc(/C=C2\C(=O)/C(=C/c3ccccc3C)[C@H]3CC[C@H]2N3C)c1. The first-order valence-electron chi connectivity index (χ1n) is 9.37. The lowest BCUT2D eigenvalue weighted by molar-refractivity contribution is -0.114. The van der Waals surface area contributed by atoms with Crippen molar-refractivity contribution in [3.05, 3.63) is 81.9 Å². The molecule has 2 aliphatic heterocycles. The van der Waals surface area contributed by atoms with Crippen molar-refractivity contribution >= 4 is 17.9 Å². The molecule has 0 aromatic heterocycles. The second-order valence-corrected chi connectivity index (χ2v) is 7.57. The van der Waals surface area contributed by atoms with Crippen LogP contribution in [0.5, 0.6) is 0 Å². The summed E-state index contributed by atoms with van der Waals surface area (Å²) in [6.45, 7) is 4.19. The van der Waals surface area contributed by atoms with Crippen molar-refractivity contribution in [3.8, 4) is 0 Å². The van der Waals surface area contributed by atoms with Gasteiger partial charge in [0.05, 0.1) is 0 Å². The van der Waals surface area contributed by atoms with Crippen molar-refractivity contribution in [1.82, 2.24) is 4.90 Å². The van der Waals surface area contributed by atoms with Gasteiger partial charge in [0.15, 0.2) is 5.78 Å². The molecule has 2 aliphatic rings. The number of carbonyl (C=O) groups is 1. The Bertz CT molecular complexity index is 921. The molecule has 132 valence electrons. The second kappa shape index (κ2) is 6.69. The lowest BCUT2D eigenvalue weighted by atomic mass is 9.88. The van der Waals surface area contributed by atoms with Gasteiger partial charge in [-0.1, -0.05) is 54.1 Å². The minimum absolute atomic E-state index is 0.223. The average Bonchev–Trinajstić information content (AvgIpc) is 2.93. The molecule has 0 aliphatic carbocycles. The first-order valence-corrected chi connectivity index (χ1v) is 9.37. The van der Waals surface area contributed by atoms with Gasteiger partial charge in [-0.3, -0.25) is 9.69 Å². The maximum absolute atomic E-state index is 13.4. The zero-order valence-electron chi connectivity index (χ0n) is 15.7. The number of ketones is 1. The van der Waals surface area contributed by atoms with Crippen molar-refractivity contribution in [2.24, 2.45) is 0 Å². The van der Waals surface area contributed by atoms with Gasteiger partial charge in [0.1, 0.15) is 0 Å². The van der Waals surface area contributed by atoms with E-state index in [1.807, 2.05) is 12.1 Å². The molecular weight excluding hydrogens is 318 g/mol. The van der Waals surface area contributed by atoms with Crippen LogP contribution < -0.4 is 0 Å². The zero-order chi connectivity index (χ0) is 18.3. The third kappa shape index (κ3) is 2.95. The number of aryl methyl sites for hydroxylation is 2. The molecule has 2 bridgehead atoms. The van der Waals surface area contributed by atoms with Gasteiger partial charge in [0.2, 0.25) is 0 Å². The summed E-state index contributed by atoms with van der Waals surface area (Å²) in [6.07, 6.45) is 6.32. The molecule has 2 aromatic rings. The summed E-state index contributed by atoms with van der Waals surface area (Å²) in [7, 11) is 2.16. The standard InChI is InChI=1S/C24H25NO/c1-16-7-6-9-18(13-16)14-20-22-11-12-23(25(22)3)21(24(20)26)15-19-10-5-4-8-17(19)2/h4-10,13-15,22-23H,11-12H2,1-3H3/b20-14-,21-15+/t22-,23-/m1/s1. The number of benzene rings is 2. The molecule has 2 fully saturated rings. The van der Waals surface area contributed by atoms with Crippen molar-refractivity contribution < 1.29 is 4.79 Å². The van der Waals surface area contributed by atoms with Crippen LogP contribution in [0.4, 0.5) is 0 Å². The Morgan fingerprint density at radius 1 is 0.923 bits per heavy atom. The maximum atomic E-state index is 13.4. The van der Waals surface area contributed by atoms with Crippen LogP contribution in [0.2, 0.25) is 0 Å². The smallest absolute Gasteiger partial charge is 0.188 e. The Hall–Kier alpha value is -2.45. The number of likely N-dealkylation sites (N-methyl/N-ethyl adjacent to an activating group) is 1. The van der Waals surface area contributed by atoms with Gasteiger partial charge in [-0.2, -0.15) is 0 Å². The van der Waals surface area contributed by atoms with Crippen LogP contribution in [0.15, 0.2) is 59.7 Å². The number of hydrogen-bond acceptors (Lipinski definition) is 2. The van der Waals surface area contributed by atoms with Crippen molar-refractivity contribution in [3.63, 3.8) is 0 Å². The number of piperidine rings is 1. The van der Waals surface area contributed by atoms with Gasteiger partial charge >= 0.3 is 0 Å². The molecule has 0 unspecified atom stereocenters. The Kier molecular flexibility index (Phi) is 4.37. The fourth-order valence-corrected chi connectivity index (χ4v) is 4.34. The van der Waals surface area contributed by atoms with Crippen LogP contribution in [0.3, 0.4) is 0 Å². The highest BCUT2D eigenvalue weighted by Gasteiger charge is 2.44. The predicted octanol–water partition coefficient (Wildman–Crippen LogP) is 4.82. The summed E-state index contributed by atoms with van der Waals surface area (Å²) in [5.74, 6) is 0.223. The van der Waals surface area contributed by atoms with E-state index in [2.05, 4.69) is 74.3 Å². The molecule has 0 N–H and O–H groups in total. The second-order valence-electron chi connectivity index (χ2n) is 7.57. The Morgan fingerprint density at radius 3 is 2.31 bits per heavy atom. The van der Waals surface area contributed by atoms with E-state index >= 15 is 0 Å². The number of rotatable bonds is 2. The normalized spacial score (nSPS) is 26.0. The molecule has 0 spiro atoms. The van der Waals surface area contributed by atoms with Crippen LogP contribution in [-0.2, 0) is 4.79 Å². The number of nitrogens with zero attached hydrogens (tertiary/aromatic N) is 1. The topological polar surface area (TPSA) is 20.3 Å². The first kappa shape index (κ1) is 17.0. The van der Waals surface area contributed by atoms with E-state index in [1.165, 1.54) is 11.1 Å². The molecule has 26 heavy (non-hydrogen) atoms. The molecule has 2 heteroatoms. The average molecular weight is 343 g/mol. The Balaban J connectivity index is 1.80. The number of fused-ring (bicyclic) bond motifs is 2. The lowest BCUT2D eigenvalue weighted by Gasteiger charge is -2.34.